The number of benzene rings is 1. The predicted octanol–water partition coefficient (Wildman–Crippen LogP) is 3.46. The lowest BCUT2D eigenvalue weighted by Gasteiger charge is -2.06. The Balaban J connectivity index is 0.000000511. The molecule has 0 heterocycles. The molecule has 110 valence electrons. The van der Waals surface area contributed by atoms with Crippen LogP contribution in [0.25, 0.3) is 0 Å². The highest BCUT2D eigenvalue weighted by Crippen LogP contribution is 2.33. The Morgan fingerprint density at radius 2 is 1.80 bits per heavy atom. The molecule has 0 saturated heterocycles. The Morgan fingerprint density at radius 3 is 2.20 bits per heavy atom. The molecule has 0 aliphatic heterocycles. The van der Waals surface area contributed by atoms with E-state index in [0.29, 0.717) is 5.02 Å². The lowest BCUT2D eigenvalue weighted by Crippen LogP contribution is -2.09. The Bertz CT molecular complexity index is 502. The van der Waals surface area contributed by atoms with Crippen LogP contribution in [0.2, 0.25) is 15.1 Å². The van der Waals surface area contributed by atoms with Gasteiger partial charge in [0.2, 0.25) is 0 Å². The van der Waals surface area contributed by atoms with Gasteiger partial charge in [-0.05, 0) is 6.07 Å². The molecule has 0 aliphatic rings. The van der Waals surface area contributed by atoms with Gasteiger partial charge in [-0.25, -0.2) is 9.59 Å². The van der Waals surface area contributed by atoms with Crippen LogP contribution in [0.1, 0.15) is 0 Å². The van der Waals surface area contributed by atoms with Crippen molar-refractivity contribution < 1.29 is 24.2 Å². The van der Waals surface area contributed by atoms with Crippen molar-refractivity contribution in [2.75, 3.05) is 13.7 Å². The largest absolute Gasteiger partial charge is 0.480 e. The van der Waals surface area contributed by atoms with Gasteiger partial charge in [-0.2, -0.15) is 0 Å². The second kappa shape index (κ2) is 9.47. The zero-order chi connectivity index (χ0) is 15.7. The highest BCUT2D eigenvalue weighted by Gasteiger charge is 2.08. The van der Waals surface area contributed by atoms with Crippen LogP contribution >= 0.6 is 34.8 Å². The minimum atomic E-state index is -1.09. The summed E-state index contributed by atoms with van der Waals surface area (Å²) in [5.41, 5.74) is 0. The van der Waals surface area contributed by atoms with Crippen molar-refractivity contribution in [1.82, 2.24) is 0 Å². The van der Waals surface area contributed by atoms with E-state index >= 15 is 0 Å². The van der Waals surface area contributed by atoms with Gasteiger partial charge in [0, 0.05) is 12.1 Å². The SMILES string of the molecule is C=CC(=O)OC.O=C(O)COc1cc(Cl)c(Cl)cc1Cl. The predicted molar refractivity (Wildman–Crippen MR) is 76.8 cm³/mol. The summed E-state index contributed by atoms with van der Waals surface area (Å²) in [6.07, 6.45) is 1.11. The van der Waals surface area contributed by atoms with E-state index in [-0.39, 0.29) is 15.8 Å². The lowest BCUT2D eigenvalue weighted by atomic mass is 10.3. The number of hydrogen-bond acceptors (Lipinski definition) is 4. The molecule has 0 saturated carbocycles. The van der Waals surface area contributed by atoms with E-state index in [2.05, 4.69) is 11.3 Å². The summed E-state index contributed by atoms with van der Waals surface area (Å²) in [4.78, 5) is 20.0. The van der Waals surface area contributed by atoms with E-state index in [9.17, 15) is 9.59 Å². The average molecular weight is 342 g/mol. The Hall–Kier alpha value is -1.43. The number of carboxylic acid groups (broad SMARTS) is 1. The lowest BCUT2D eigenvalue weighted by molar-refractivity contribution is -0.139. The van der Waals surface area contributed by atoms with Crippen molar-refractivity contribution in [1.29, 1.82) is 0 Å². The van der Waals surface area contributed by atoms with Crippen molar-refractivity contribution in [3.63, 3.8) is 0 Å². The quantitative estimate of drug-likeness (QED) is 0.516. The van der Waals surface area contributed by atoms with E-state index in [1.54, 1.807) is 0 Å². The van der Waals surface area contributed by atoms with Crippen LogP contribution < -0.4 is 4.74 Å². The van der Waals surface area contributed by atoms with Crippen LogP contribution in [0.15, 0.2) is 24.8 Å². The first-order chi connectivity index (χ1) is 9.31. The highest BCUT2D eigenvalue weighted by atomic mass is 35.5. The Kier molecular flexibility index (Phi) is 8.79. The summed E-state index contributed by atoms with van der Waals surface area (Å²) < 4.78 is 9.00. The Morgan fingerprint density at radius 1 is 1.25 bits per heavy atom. The van der Waals surface area contributed by atoms with Crippen LogP contribution in [0.3, 0.4) is 0 Å². The third-order valence-electron chi connectivity index (χ3n) is 1.69. The average Bonchev–Trinajstić information content (AvgIpc) is 2.41. The van der Waals surface area contributed by atoms with Gasteiger partial charge >= 0.3 is 11.9 Å². The van der Waals surface area contributed by atoms with Crippen molar-refractivity contribution in [2.45, 2.75) is 0 Å². The van der Waals surface area contributed by atoms with Crippen LogP contribution in [0, 0.1) is 0 Å². The van der Waals surface area contributed by atoms with Crippen molar-refractivity contribution in [2.24, 2.45) is 0 Å². The van der Waals surface area contributed by atoms with Crippen LogP contribution in [0.4, 0.5) is 0 Å². The highest BCUT2D eigenvalue weighted by molar-refractivity contribution is 6.43. The fourth-order valence-corrected chi connectivity index (χ4v) is 1.43. The van der Waals surface area contributed by atoms with Gasteiger partial charge in [-0.1, -0.05) is 41.4 Å². The van der Waals surface area contributed by atoms with Crippen LogP contribution in [-0.2, 0) is 14.3 Å². The molecule has 0 spiro atoms. The fraction of sp³-hybridized carbons (Fsp3) is 0.167. The molecule has 5 nitrogen and oxygen atoms in total. The first-order valence-corrected chi connectivity index (χ1v) is 6.14. The molecule has 1 rings (SSSR count). The number of aliphatic carboxylic acids is 1. The molecule has 0 amide bonds. The molecule has 1 aromatic rings. The number of esters is 1. The molecular weight excluding hydrogens is 330 g/mol. The van der Waals surface area contributed by atoms with Gasteiger partial charge in [0.05, 0.1) is 22.2 Å². The fourth-order valence-electron chi connectivity index (χ4n) is 0.838. The maximum absolute atomic E-state index is 10.2. The van der Waals surface area contributed by atoms with E-state index in [0.717, 1.165) is 6.08 Å². The first kappa shape index (κ1) is 18.6. The molecule has 0 fully saturated rings. The van der Waals surface area contributed by atoms with Crippen molar-refractivity contribution >= 4 is 46.7 Å². The van der Waals surface area contributed by atoms with E-state index < -0.39 is 18.5 Å². The second-order valence-corrected chi connectivity index (χ2v) is 4.33. The topological polar surface area (TPSA) is 72.8 Å². The zero-order valence-electron chi connectivity index (χ0n) is 10.4. The van der Waals surface area contributed by atoms with E-state index in [4.69, 9.17) is 44.6 Å². The summed E-state index contributed by atoms with van der Waals surface area (Å²) in [7, 11) is 1.31. The van der Waals surface area contributed by atoms with Gasteiger partial charge < -0.3 is 14.6 Å². The Labute approximate surface area is 130 Å². The normalized spacial score (nSPS) is 9.00. The van der Waals surface area contributed by atoms with Crippen molar-refractivity contribution in [3.05, 3.63) is 39.9 Å². The summed E-state index contributed by atoms with van der Waals surface area (Å²) in [5, 5.41) is 9.14. The number of methoxy groups -OCH3 is 1. The molecule has 1 aromatic carbocycles. The maximum Gasteiger partial charge on any atom is 0.341 e. The molecule has 0 aliphatic carbocycles. The van der Waals surface area contributed by atoms with Crippen LogP contribution in [-0.4, -0.2) is 30.8 Å². The number of carbonyl (C=O) groups is 2. The number of carboxylic acids is 1. The number of carbonyl (C=O) groups excluding carboxylic acids is 1. The smallest absolute Gasteiger partial charge is 0.341 e. The maximum atomic E-state index is 10.2. The molecule has 20 heavy (non-hydrogen) atoms. The third-order valence-corrected chi connectivity index (χ3v) is 2.71. The monoisotopic (exact) mass is 340 g/mol. The van der Waals surface area contributed by atoms with Crippen LogP contribution in [0.5, 0.6) is 5.75 Å². The van der Waals surface area contributed by atoms with E-state index in [1.807, 2.05) is 0 Å². The summed E-state index contributed by atoms with van der Waals surface area (Å²) >= 11 is 17.1. The molecule has 0 unspecified atom stereocenters. The minimum absolute atomic E-state index is 0.198. The third kappa shape index (κ3) is 7.23. The molecule has 0 aromatic heterocycles. The summed E-state index contributed by atoms with van der Waals surface area (Å²) in [5.74, 6) is -1.29. The van der Waals surface area contributed by atoms with Gasteiger partial charge in [-0.3, -0.25) is 0 Å². The molecule has 0 radical (unpaired) electrons. The molecular formula is C12H11Cl3O5. The molecule has 0 atom stereocenters. The molecule has 8 heteroatoms. The van der Waals surface area contributed by atoms with E-state index in [1.165, 1.54) is 19.2 Å². The number of hydrogen-bond donors (Lipinski definition) is 1. The first-order valence-electron chi connectivity index (χ1n) is 5.01. The van der Waals surface area contributed by atoms with Crippen molar-refractivity contribution in [3.8, 4) is 5.75 Å². The second-order valence-electron chi connectivity index (χ2n) is 3.11. The van der Waals surface area contributed by atoms with Gasteiger partial charge in [-0.15, -0.1) is 0 Å². The molecule has 0 bridgehead atoms. The van der Waals surface area contributed by atoms with Gasteiger partial charge in [0.15, 0.2) is 6.61 Å². The molecule has 1 N–H and O–H groups in total. The number of rotatable bonds is 4. The number of ether oxygens (including phenoxy) is 2. The van der Waals surface area contributed by atoms with Gasteiger partial charge in [0.1, 0.15) is 5.75 Å². The zero-order valence-corrected chi connectivity index (χ0v) is 12.6. The standard InChI is InChI=1S/C8H5Cl3O3.C4H6O2/c9-4-1-6(11)7(2-5(4)10)14-3-8(12)13;1-3-4(5)6-2/h1-2H,3H2,(H,12,13);3H,1H2,2H3. The number of halogens is 3. The minimum Gasteiger partial charge on any atom is -0.480 e. The van der Waals surface area contributed by atoms with Gasteiger partial charge in [0.25, 0.3) is 0 Å². The summed E-state index contributed by atoms with van der Waals surface area (Å²) in [6.45, 7) is 2.68. The summed E-state index contributed by atoms with van der Waals surface area (Å²) in [6, 6.07) is 2.76.